The number of nitrogen functional groups attached to an aromatic ring is 1. The van der Waals surface area contributed by atoms with Gasteiger partial charge in [0.15, 0.2) is 5.82 Å². The van der Waals surface area contributed by atoms with Crippen LogP contribution in [0.2, 0.25) is 5.02 Å². The zero-order valence-corrected chi connectivity index (χ0v) is 15.4. The van der Waals surface area contributed by atoms with Crippen molar-refractivity contribution in [3.05, 3.63) is 60.1 Å². The lowest BCUT2D eigenvalue weighted by molar-refractivity contribution is 0.461. The van der Waals surface area contributed by atoms with Gasteiger partial charge in [0, 0.05) is 43.1 Å². The Morgan fingerprint density at radius 3 is 2.56 bits per heavy atom. The standard InChI is InChI=1S/C19H19ClN6O/c20-14-3-1-4-15(11-14)25-7-9-26(10-8-25)18-17(21)19(24-13-23-18)27-16-5-2-6-22-12-16/h1-6,11-13H,7-10,21H2. The minimum absolute atomic E-state index is 0.338. The number of anilines is 3. The number of hydrogen-bond donors (Lipinski definition) is 1. The molecule has 0 spiro atoms. The Morgan fingerprint density at radius 2 is 1.81 bits per heavy atom. The molecule has 1 saturated heterocycles. The van der Waals surface area contributed by atoms with Crippen molar-refractivity contribution >= 4 is 28.8 Å². The summed E-state index contributed by atoms with van der Waals surface area (Å²) in [6, 6.07) is 11.5. The third kappa shape index (κ3) is 3.88. The molecule has 1 aromatic carbocycles. The number of ether oxygens (including phenoxy) is 1. The fraction of sp³-hybridized carbons (Fsp3) is 0.211. The van der Waals surface area contributed by atoms with Crippen molar-refractivity contribution in [2.24, 2.45) is 0 Å². The summed E-state index contributed by atoms with van der Waals surface area (Å²) in [5, 5.41) is 0.743. The number of nitrogens with two attached hydrogens (primary N) is 1. The molecule has 0 aliphatic carbocycles. The molecular weight excluding hydrogens is 364 g/mol. The first-order chi connectivity index (χ1) is 13.2. The highest BCUT2D eigenvalue weighted by molar-refractivity contribution is 6.30. The Morgan fingerprint density at radius 1 is 1.00 bits per heavy atom. The van der Waals surface area contributed by atoms with Gasteiger partial charge in [-0.2, -0.15) is 4.98 Å². The average Bonchev–Trinajstić information content (AvgIpc) is 2.71. The van der Waals surface area contributed by atoms with E-state index in [2.05, 4.69) is 30.8 Å². The van der Waals surface area contributed by atoms with Crippen molar-refractivity contribution in [2.75, 3.05) is 41.7 Å². The molecule has 0 amide bonds. The summed E-state index contributed by atoms with van der Waals surface area (Å²) in [5.41, 5.74) is 7.84. The van der Waals surface area contributed by atoms with E-state index in [-0.39, 0.29) is 0 Å². The Balaban J connectivity index is 1.47. The molecule has 0 atom stereocenters. The van der Waals surface area contributed by atoms with Gasteiger partial charge in [0.05, 0.1) is 6.20 Å². The molecule has 8 heteroatoms. The maximum Gasteiger partial charge on any atom is 0.248 e. The van der Waals surface area contributed by atoms with E-state index in [0.29, 0.717) is 23.1 Å². The van der Waals surface area contributed by atoms with Gasteiger partial charge in [-0.05, 0) is 30.3 Å². The third-order valence-electron chi connectivity index (χ3n) is 4.43. The van der Waals surface area contributed by atoms with E-state index in [0.717, 1.165) is 36.9 Å². The van der Waals surface area contributed by atoms with Crippen molar-refractivity contribution in [1.29, 1.82) is 0 Å². The summed E-state index contributed by atoms with van der Waals surface area (Å²) in [6.07, 6.45) is 4.77. The van der Waals surface area contributed by atoms with E-state index >= 15 is 0 Å². The predicted molar refractivity (Wildman–Crippen MR) is 107 cm³/mol. The van der Waals surface area contributed by atoms with E-state index in [9.17, 15) is 0 Å². The van der Waals surface area contributed by atoms with Crippen LogP contribution in [0.4, 0.5) is 17.2 Å². The zero-order valence-electron chi connectivity index (χ0n) is 14.6. The van der Waals surface area contributed by atoms with Crippen molar-refractivity contribution in [3.8, 4) is 11.6 Å². The Hall–Kier alpha value is -3.06. The summed E-state index contributed by atoms with van der Waals surface area (Å²) >= 11 is 6.10. The monoisotopic (exact) mass is 382 g/mol. The van der Waals surface area contributed by atoms with Crippen molar-refractivity contribution < 1.29 is 4.74 Å². The van der Waals surface area contributed by atoms with Gasteiger partial charge in [-0.15, -0.1) is 0 Å². The molecule has 1 fully saturated rings. The second-order valence-electron chi connectivity index (χ2n) is 6.16. The molecule has 4 rings (SSSR count). The van der Waals surface area contributed by atoms with Crippen LogP contribution in [0.1, 0.15) is 0 Å². The van der Waals surface area contributed by atoms with Crippen LogP contribution in [-0.4, -0.2) is 41.1 Å². The van der Waals surface area contributed by atoms with Crippen LogP contribution < -0.4 is 20.3 Å². The highest BCUT2D eigenvalue weighted by Gasteiger charge is 2.22. The van der Waals surface area contributed by atoms with E-state index in [1.165, 1.54) is 6.33 Å². The topological polar surface area (TPSA) is 80.4 Å². The number of benzene rings is 1. The first kappa shape index (κ1) is 17.4. The summed E-state index contributed by atoms with van der Waals surface area (Å²) in [5.74, 6) is 1.61. The summed E-state index contributed by atoms with van der Waals surface area (Å²) in [6.45, 7) is 3.28. The number of pyridine rings is 1. The lowest BCUT2D eigenvalue weighted by Gasteiger charge is -2.37. The molecule has 138 valence electrons. The van der Waals surface area contributed by atoms with E-state index in [1.807, 2.05) is 18.2 Å². The summed E-state index contributed by atoms with van der Waals surface area (Å²) in [4.78, 5) is 17.0. The van der Waals surface area contributed by atoms with Gasteiger partial charge >= 0.3 is 0 Å². The molecule has 1 aliphatic heterocycles. The maximum absolute atomic E-state index is 6.28. The average molecular weight is 383 g/mol. The second-order valence-corrected chi connectivity index (χ2v) is 6.60. The SMILES string of the molecule is Nc1c(Oc2cccnc2)ncnc1N1CCN(c2cccc(Cl)c2)CC1. The van der Waals surface area contributed by atoms with Gasteiger partial charge in [-0.3, -0.25) is 4.98 Å². The minimum atomic E-state index is 0.338. The maximum atomic E-state index is 6.28. The van der Waals surface area contributed by atoms with Crippen molar-refractivity contribution in [1.82, 2.24) is 15.0 Å². The van der Waals surface area contributed by atoms with Crippen LogP contribution in [0.5, 0.6) is 11.6 Å². The van der Waals surface area contributed by atoms with Crippen LogP contribution >= 0.6 is 11.6 Å². The molecule has 0 radical (unpaired) electrons. The molecule has 3 aromatic rings. The van der Waals surface area contributed by atoms with Crippen LogP contribution in [0.3, 0.4) is 0 Å². The Kier molecular flexibility index (Phi) is 4.93. The summed E-state index contributed by atoms with van der Waals surface area (Å²) < 4.78 is 5.75. The molecule has 1 aliphatic rings. The number of nitrogens with zero attached hydrogens (tertiary/aromatic N) is 5. The molecule has 2 aromatic heterocycles. The molecular formula is C19H19ClN6O. The fourth-order valence-corrected chi connectivity index (χ4v) is 3.26. The van der Waals surface area contributed by atoms with Gasteiger partial charge in [0.1, 0.15) is 17.8 Å². The molecule has 2 N–H and O–H groups in total. The number of rotatable bonds is 4. The quantitative estimate of drug-likeness (QED) is 0.741. The predicted octanol–water partition coefficient (Wildman–Crippen LogP) is 3.23. The molecule has 0 saturated carbocycles. The van der Waals surface area contributed by atoms with Crippen LogP contribution in [-0.2, 0) is 0 Å². The first-order valence-electron chi connectivity index (χ1n) is 8.64. The second kappa shape index (κ2) is 7.67. The highest BCUT2D eigenvalue weighted by Crippen LogP contribution is 2.32. The van der Waals surface area contributed by atoms with E-state index in [1.54, 1.807) is 24.5 Å². The molecule has 7 nitrogen and oxygen atoms in total. The Bertz CT molecular complexity index is 915. The first-order valence-corrected chi connectivity index (χ1v) is 9.02. The minimum Gasteiger partial charge on any atom is -0.435 e. The fourth-order valence-electron chi connectivity index (χ4n) is 3.07. The lowest BCUT2D eigenvalue weighted by Crippen LogP contribution is -2.47. The smallest absolute Gasteiger partial charge is 0.248 e. The molecule has 27 heavy (non-hydrogen) atoms. The molecule has 3 heterocycles. The number of hydrogen-bond acceptors (Lipinski definition) is 7. The van der Waals surface area contributed by atoms with Gasteiger partial charge < -0.3 is 20.3 Å². The van der Waals surface area contributed by atoms with E-state index in [4.69, 9.17) is 22.1 Å². The number of aromatic nitrogens is 3. The van der Waals surface area contributed by atoms with E-state index < -0.39 is 0 Å². The number of halogens is 1. The van der Waals surface area contributed by atoms with Crippen LogP contribution in [0.25, 0.3) is 0 Å². The van der Waals surface area contributed by atoms with Crippen LogP contribution in [0.15, 0.2) is 55.1 Å². The van der Waals surface area contributed by atoms with Crippen LogP contribution in [0, 0.1) is 0 Å². The van der Waals surface area contributed by atoms with Gasteiger partial charge in [-0.1, -0.05) is 17.7 Å². The normalized spacial score (nSPS) is 14.3. The summed E-state index contributed by atoms with van der Waals surface area (Å²) in [7, 11) is 0. The zero-order chi connectivity index (χ0) is 18.6. The van der Waals surface area contributed by atoms with Gasteiger partial charge in [0.25, 0.3) is 0 Å². The number of piperazine rings is 1. The largest absolute Gasteiger partial charge is 0.435 e. The highest BCUT2D eigenvalue weighted by atomic mass is 35.5. The molecule has 0 bridgehead atoms. The third-order valence-corrected chi connectivity index (χ3v) is 4.66. The van der Waals surface area contributed by atoms with Crippen molar-refractivity contribution in [3.63, 3.8) is 0 Å². The van der Waals surface area contributed by atoms with Crippen molar-refractivity contribution in [2.45, 2.75) is 0 Å². The van der Waals surface area contributed by atoms with Gasteiger partial charge in [0.2, 0.25) is 5.88 Å². The molecule has 0 unspecified atom stereocenters. The lowest BCUT2D eigenvalue weighted by atomic mass is 10.2. The Labute approximate surface area is 162 Å². The van der Waals surface area contributed by atoms with Gasteiger partial charge in [-0.25, -0.2) is 4.98 Å².